The molecule has 1 heterocycles. The summed E-state index contributed by atoms with van der Waals surface area (Å²) in [4.78, 5) is 38.5. The summed E-state index contributed by atoms with van der Waals surface area (Å²) in [6.45, 7) is 5.52. The van der Waals surface area contributed by atoms with E-state index >= 15 is 0 Å². The van der Waals surface area contributed by atoms with Crippen molar-refractivity contribution in [2.75, 3.05) is 6.54 Å². The summed E-state index contributed by atoms with van der Waals surface area (Å²) in [6.07, 6.45) is 3.64. The maximum absolute atomic E-state index is 12.7. The minimum Gasteiger partial charge on any atom is -0.352 e. The molecule has 2 aliphatic rings. The first-order valence-corrected chi connectivity index (χ1v) is 12.4. The SMILES string of the molecule is CC(C)(C)NS(=O)(=O)c1ccccc1CNC(=O)CCCN1C(=O)NC2(CCCC2)C1=O. The average Bonchev–Trinajstić information content (AvgIpc) is 3.25. The lowest BCUT2D eigenvalue weighted by Crippen LogP contribution is -2.44. The van der Waals surface area contributed by atoms with Gasteiger partial charge in [-0.25, -0.2) is 17.9 Å². The lowest BCUT2D eigenvalue weighted by Gasteiger charge is -2.21. The van der Waals surface area contributed by atoms with E-state index in [0.717, 1.165) is 12.8 Å². The number of rotatable bonds is 8. The Morgan fingerprint density at radius 2 is 1.81 bits per heavy atom. The second-order valence-corrected chi connectivity index (χ2v) is 11.2. The van der Waals surface area contributed by atoms with E-state index in [-0.39, 0.29) is 42.3 Å². The molecule has 0 atom stereocenters. The van der Waals surface area contributed by atoms with Gasteiger partial charge in [-0.2, -0.15) is 0 Å². The minimum absolute atomic E-state index is 0.0618. The largest absolute Gasteiger partial charge is 0.352 e. The molecule has 1 saturated heterocycles. The van der Waals surface area contributed by atoms with Crippen LogP contribution in [0.3, 0.4) is 0 Å². The number of hydrogen-bond acceptors (Lipinski definition) is 5. The Kier molecular flexibility index (Phi) is 6.94. The lowest BCUT2D eigenvalue weighted by molar-refractivity contribution is -0.131. The molecule has 1 aromatic carbocycles. The van der Waals surface area contributed by atoms with Crippen molar-refractivity contribution in [1.82, 2.24) is 20.3 Å². The monoisotopic (exact) mass is 464 g/mol. The van der Waals surface area contributed by atoms with Crippen LogP contribution >= 0.6 is 0 Å². The van der Waals surface area contributed by atoms with Gasteiger partial charge in [0, 0.05) is 25.0 Å². The number of carbonyl (C=O) groups excluding carboxylic acids is 3. The van der Waals surface area contributed by atoms with Gasteiger partial charge >= 0.3 is 6.03 Å². The van der Waals surface area contributed by atoms with Crippen LogP contribution in [0.15, 0.2) is 29.2 Å². The molecule has 0 unspecified atom stereocenters. The fourth-order valence-corrected chi connectivity index (χ4v) is 5.91. The first kappa shape index (κ1) is 24.2. The Morgan fingerprint density at radius 3 is 2.47 bits per heavy atom. The van der Waals surface area contributed by atoms with Crippen molar-refractivity contribution >= 4 is 27.9 Å². The molecular weight excluding hydrogens is 432 g/mol. The van der Waals surface area contributed by atoms with E-state index < -0.39 is 21.1 Å². The summed E-state index contributed by atoms with van der Waals surface area (Å²) in [5.41, 5.74) is -0.892. The Bertz CT molecular complexity index is 994. The zero-order valence-electron chi connectivity index (χ0n) is 18.9. The molecule has 9 nitrogen and oxygen atoms in total. The Hall–Kier alpha value is -2.46. The highest BCUT2D eigenvalue weighted by molar-refractivity contribution is 7.89. The van der Waals surface area contributed by atoms with E-state index in [1.165, 1.54) is 11.0 Å². The molecule has 176 valence electrons. The fraction of sp³-hybridized carbons (Fsp3) is 0.591. The van der Waals surface area contributed by atoms with Gasteiger partial charge in [0.15, 0.2) is 0 Å². The Morgan fingerprint density at radius 1 is 1.16 bits per heavy atom. The number of nitrogens with one attached hydrogen (secondary N) is 3. The van der Waals surface area contributed by atoms with Gasteiger partial charge in [-0.05, 0) is 51.7 Å². The molecule has 4 amide bonds. The van der Waals surface area contributed by atoms with E-state index in [1.54, 1.807) is 39.0 Å². The molecule has 0 radical (unpaired) electrons. The van der Waals surface area contributed by atoms with Crippen molar-refractivity contribution in [1.29, 1.82) is 0 Å². The van der Waals surface area contributed by atoms with Gasteiger partial charge in [-0.3, -0.25) is 14.5 Å². The molecule has 0 bridgehead atoms. The molecule has 1 spiro atoms. The average molecular weight is 465 g/mol. The van der Waals surface area contributed by atoms with Gasteiger partial charge in [0.05, 0.1) is 4.90 Å². The second-order valence-electron chi connectivity index (χ2n) is 9.52. The summed E-state index contributed by atoms with van der Waals surface area (Å²) < 4.78 is 28.0. The smallest absolute Gasteiger partial charge is 0.325 e. The third kappa shape index (κ3) is 5.47. The molecule has 3 N–H and O–H groups in total. The lowest BCUT2D eigenvalue weighted by atomic mass is 9.98. The number of imide groups is 1. The summed E-state index contributed by atoms with van der Waals surface area (Å²) in [5, 5.41) is 5.56. The number of hydrogen-bond donors (Lipinski definition) is 3. The zero-order chi connectivity index (χ0) is 23.6. The zero-order valence-corrected chi connectivity index (χ0v) is 19.7. The molecule has 1 aliphatic heterocycles. The molecule has 32 heavy (non-hydrogen) atoms. The van der Waals surface area contributed by atoms with Crippen LogP contribution in [0, 0.1) is 0 Å². The first-order chi connectivity index (χ1) is 14.9. The number of carbonyl (C=O) groups is 3. The molecule has 1 saturated carbocycles. The maximum Gasteiger partial charge on any atom is 0.325 e. The fourth-order valence-electron chi connectivity index (χ4n) is 4.25. The van der Waals surface area contributed by atoms with E-state index in [9.17, 15) is 22.8 Å². The van der Waals surface area contributed by atoms with Crippen LogP contribution in [-0.4, -0.2) is 48.8 Å². The molecular formula is C22H32N4O5S. The van der Waals surface area contributed by atoms with Crippen LogP contribution in [0.2, 0.25) is 0 Å². The van der Waals surface area contributed by atoms with Crippen molar-refractivity contribution in [3.05, 3.63) is 29.8 Å². The number of amides is 4. The molecule has 2 fully saturated rings. The predicted molar refractivity (Wildman–Crippen MR) is 119 cm³/mol. The van der Waals surface area contributed by atoms with Crippen molar-refractivity contribution in [2.24, 2.45) is 0 Å². The van der Waals surface area contributed by atoms with Crippen LogP contribution < -0.4 is 15.4 Å². The van der Waals surface area contributed by atoms with Gasteiger partial charge in [-0.15, -0.1) is 0 Å². The van der Waals surface area contributed by atoms with Crippen molar-refractivity contribution < 1.29 is 22.8 Å². The molecule has 3 rings (SSSR count). The van der Waals surface area contributed by atoms with Crippen LogP contribution in [0.5, 0.6) is 0 Å². The predicted octanol–water partition coefficient (Wildman–Crippen LogP) is 2.02. The van der Waals surface area contributed by atoms with Gasteiger partial charge in [0.25, 0.3) is 5.91 Å². The van der Waals surface area contributed by atoms with Crippen LogP contribution in [0.4, 0.5) is 4.79 Å². The highest BCUT2D eigenvalue weighted by Crippen LogP contribution is 2.35. The molecule has 0 aromatic heterocycles. The van der Waals surface area contributed by atoms with Gasteiger partial charge < -0.3 is 10.6 Å². The van der Waals surface area contributed by atoms with Crippen LogP contribution in [-0.2, 0) is 26.2 Å². The third-order valence-electron chi connectivity index (χ3n) is 5.67. The summed E-state index contributed by atoms with van der Waals surface area (Å²) in [5.74, 6) is -0.463. The first-order valence-electron chi connectivity index (χ1n) is 11.0. The molecule has 1 aromatic rings. The van der Waals surface area contributed by atoms with E-state index in [2.05, 4.69) is 15.4 Å². The maximum atomic E-state index is 12.7. The second kappa shape index (κ2) is 9.19. The van der Waals surface area contributed by atoms with E-state index in [0.29, 0.717) is 24.8 Å². The van der Waals surface area contributed by atoms with Gasteiger partial charge in [0.2, 0.25) is 15.9 Å². The van der Waals surface area contributed by atoms with Crippen molar-refractivity contribution in [2.45, 2.75) is 81.8 Å². The summed E-state index contributed by atoms with van der Waals surface area (Å²) >= 11 is 0. The Labute approximate surface area is 189 Å². The number of benzene rings is 1. The van der Waals surface area contributed by atoms with E-state index in [1.807, 2.05) is 0 Å². The Balaban J connectivity index is 1.52. The minimum atomic E-state index is -3.74. The van der Waals surface area contributed by atoms with Crippen molar-refractivity contribution in [3.8, 4) is 0 Å². The number of nitrogens with zero attached hydrogens (tertiary/aromatic N) is 1. The number of urea groups is 1. The molecule has 10 heteroatoms. The summed E-state index contributed by atoms with van der Waals surface area (Å²) in [7, 11) is -3.74. The van der Waals surface area contributed by atoms with Gasteiger partial charge in [0.1, 0.15) is 5.54 Å². The van der Waals surface area contributed by atoms with Crippen LogP contribution in [0.25, 0.3) is 0 Å². The molecule has 1 aliphatic carbocycles. The highest BCUT2D eigenvalue weighted by Gasteiger charge is 2.52. The summed E-state index contributed by atoms with van der Waals surface area (Å²) in [6, 6.07) is 6.13. The van der Waals surface area contributed by atoms with E-state index in [4.69, 9.17) is 0 Å². The highest BCUT2D eigenvalue weighted by atomic mass is 32.2. The quantitative estimate of drug-likeness (QED) is 0.508. The number of sulfonamides is 1. The van der Waals surface area contributed by atoms with Gasteiger partial charge in [-0.1, -0.05) is 31.0 Å². The van der Waals surface area contributed by atoms with Crippen LogP contribution in [0.1, 0.15) is 64.9 Å². The third-order valence-corrected chi connectivity index (χ3v) is 7.53. The topological polar surface area (TPSA) is 125 Å². The van der Waals surface area contributed by atoms with Crippen molar-refractivity contribution in [3.63, 3.8) is 0 Å². The standard InChI is InChI=1S/C22H32N4O5S/c1-21(2,3)25-32(30,31)17-10-5-4-9-16(17)15-23-18(27)11-8-14-26-19(28)22(24-20(26)29)12-6-7-13-22/h4-5,9-10,25H,6-8,11-15H2,1-3H3,(H,23,27)(H,24,29). The normalized spacial score (nSPS) is 18.3.